The zero-order chi connectivity index (χ0) is 32.1. The highest BCUT2D eigenvalue weighted by Crippen LogP contribution is 2.35. The zero-order valence-electron chi connectivity index (χ0n) is 25.5. The van der Waals surface area contributed by atoms with Gasteiger partial charge in [0, 0.05) is 21.9 Å². The number of hydrogen-bond acceptors (Lipinski definition) is 11. The summed E-state index contributed by atoms with van der Waals surface area (Å²) in [7, 11) is 1.32. The Balaban J connectivity index is 0.000000178. The van der Waals surface area contributed by atoms with Crippen LogP contribution in [-0.4, -0.2) is 47.3 Å². The lowest BCUT2D eigenvalue weighted by Gasteiger charge is -2.05. The highest BCUT2D eigenvalue weighted by Gasteiger charge is 2.19. The van der Waals surface area contributed by atoms with Gasteiger partial charge in [0.25, 0.3) is 0 Å². The van der Waals surface area contributed by atoms with Gasteiger partial charge in [-0.3, -0.25) is 0 Å². The molecule has 0 atom stereocenters. The highest BCUT2D eigenvalue weighted by molar-refractivity contribution is 5.88. The van der Waals surface area contributed by atoms with Gasteiger partial charge in [-0.2, -0.15) is 0 Å². The summed E-state index contributed by atoms with van der Waals surface area (Å²) in [6.45, 7) is 6.91. The molecule has 0 saturated carbocycles. The molecule has 0 aliphatic carbocycles. The Kier molecular flexibility index (Phi) is 9.22. The van der Waals surface area contributed by atoms with Crippen molar-refractivity contribution < 1.29 is 46.6 Å². The first kappa shape index (κ1) is 30.9. The van der Waals surface area contributed by atoms with Crippen molar-refractivity contribution >= 4 is 33.9 Å². The molecule has 12 nitrogen and oxygen atoms in total. The van der Waals surface area contributed by atoms with Crippen molar-refractivity contribution in [2.75, 3.05) is 20.3 Å². The second kappa shape index (κ2) is 13.4. The summed E-state index contributed by atoms with van der Waals surface area (Å²) >= 11 is 0. The first-order valence-corrected chi connectivity index (χ1v) is 14.0. The molecule has 0 bridgehead atoms. The van der Waals surface area contributed by atoms with Crippen LogP contribution in [0, 0.1) is 27.7 Å². The normalized spacial score (nSPS) is 11.0. The monoisotopic (exact) mass is 616 g/mol. The maximum Gasteiger partial charge on any atom is 0.343 e. The van der Waals surface area contributed by atoms with E-state index in [0.29, 0.717) is 47.3 Å². The van der Waals surface area contributed by atoms with Crippen molar-refractivity contribution in [3.63, 3.8) is 0 Å². The van der Waals surface area contributed by atoms with Gasteiger partial charge in [0.05, 0.1) is 31.3 Å². The third-order valence-electron chi connectivity index (χ3n) is 6.88. The first-order chi connectivity index (χ1) is 21.6. The fraction of sp³-hybridized carbons (Fsp3) is 0.273. The smallest absolute Gasteiger partial charge is 0.343 e. The summed E-state index contributed by atoms with van der Waals surface area (Å²) in [5.41, 5.74) is 4.76. The fourth-order valence-corrected chi connectivity index (χ4v) is 4.80. The van der Waals surface area contributed by atoms with Crippen molar-refractivity contribution in [1.29, 1.82) is 0 Å². The molecule has 2 aromatic carbocycles. The lowest BCUT2D eigenvalue weighted by Crippen LogP contribution is -2.12. The predicted octanol–water partition coefficient (Wildman–Crippen LogP) is 6.27. The molecule has 4 heterocycles. The van der Waals surface area contributed by atoms with E-state index in [1.165, 1.54) is 7.11 Å². The van der Waals surface area contributed by atoms with E-state index in [0.717, 1.165) is 44.8 Å². The van der Waals surface area contributed by atoms with E-state index in [9.17, 15) is 9.59 Å². The average molecular weight is 617 g/mol. The number of carbonyl (C=O) groups excluding carboxylic acids is 1. The minimum Gasteiger partial charge on any atom is -0.479 e. The van der Waals surface area contributed by atoms with Gasteiger partial charge in [-0.1, -0.05) is 24.3 Å². The molecule has 0 unspecified atom stereocenters. The third-order valence-corrected chi connectivity index (χ3v) is 6.88. The molecule has 0 spiro atoms. The minimum atomic E-state index is -1.03. The molecule has 0 radical (unpaired) electrons. The minimum absolute atomic E-state index is 0.163. The lowest BCUT2D eigenvalue weighted by atomic mass is 10.1. The van der Waals surface area contributed by atoms with E-state index in [1.807, 2.05) is 45.9 Å². The average Bonchev–Trinajstić information content (AvgIpc) is 3.78. The van der Waals surface area contributed by atoms with Gasteiger partial charge in [0.15, 0.2) is 47.7 Å². The Labute approximate surface area is 257 Å². The number of ether oxygens (including phenoxy) is 3. The van der Waals surface area contributed by atoms with Crippen LogP contribution in [0.1, 0.15) is 45.8 Å². The molecule has 12 heteroatoms. The number of furan rings is 2. The number of esters is 1. The first-order valence-electron chi connectivity index (χ1n) is 14.0. The van der Waals surface area contributed by atoms with Gasteiger partial charge in [-0.05, 0) is 39.8 Å². The molecule has 6 rings (SSSR count). The number of carboxylic acids is 1. The molecule has 6 aromatic rings. The second-order valence-corrected chi connectivity index (χ2v) is 10.2. The quantitative estimate of drug-likeness (QED) is 0.172. The summed E-state index contributed by atoms with van der Waals surface area (Å²) in [6, 6.07) is 11.0. The SMILES string of the molecule is COC(=O)COc1cccc2c(Cc3nc(C)co3)c(C)oc12.Cc1coc(Cc2c(C)oc3c(OCC(=O)O)cccc23)n1. The Bertz CT molecular complexity index is 1960. The van der Waals surface area contributed by atoms with Crippen molar-refractivity contribution in [2.45, 2.75) is 40.5 Å². The summed E-state index contributed by atoms with van der Waals surface area (Å²) in [6.07, 6.45) is 4.27. The van der Waals surface area contributed by atoms with Crippen LogP contribution >= 0.6 is 0 Å². The summed E-state index contributed by atoms with van der Waals surface area (Å²) in [5, 5.41) is 10.5. The van der Waals surface area contributed by atoms with Crippen LogP contribution in [0.25, 0.3) is 21.9 Å². The molecule has 4 aromatic heterocycles. The van der Waals surface area contributed by atoms with E-state index in [2.05, 4.69) is 14.7 Å². The molecule has 0 aliphatic heterocycles. The van der Waals surface area contributed by atoms with E-state index in [1.54, 1.807) is 30.7 Å². The van der Waals surface area contributed by atoms with Crippen molar-refractivity contribution in [3.8, 4) is 11.5 Å². The number of benzene rings is 2. The van der Waals surface area contributed by atoms with Crippen LogP contribution in [0.2, 0.25) is 0 Å². The summed E-state index contributed by atoms with van der Waals surface area (Å²) in [4.78, 5) is 30.5. The number of aromatic nitrogens is 2. The molecule has 0 saturated heterocycles. The van der Waals surface area contributed by atoms with E-state index < -0.39 is 18.5 Å². The molecule has 45 heavy (non-hydrogen) atoms. The van der Waals surface area contributed by atoms with Crippen LogP contribution in [0.3, 0.4) is 0 Å². The largest absolute Gasteiger partial charge is 0.479 e. The third kappa shape index (κ3) is 7.18. The van der Waals surface area contributed by atoms with E-state index in [-0.39, 0.29) is 6.61 Å². The molecule has 1 N–H and O–H groups in total. The maximum absolute atomic E-state index is 11.2. The number of para-hydroxylation sites is 2. The Hall–Kier alpha value is -5.52. The maximum atomic E-state index is 11.2. The fourth-order valence-electron chi connectivity index (χ4n) is 4.80. The molecule has 234 valence electrons. The standard InChI is InChI=1S/C17H17NO5.C16H15NO5/c1-10-8-22-15(18-10)7-13-11(2)23-17-12(13)5-4-6-14(17)21-9-16(19)20-3;1-9-7-21-14(17-9)6-12-10(2)22-16-11(12)4-3-5-13(16)20-8-15(18)19/h4-6,8H,7,9H2,1-3H3;3-5,7H,6,8H2,1-2H3,(H,18,19). The van der Waals surface area contributed by atoms with Crippen molar-refractivity contribution in [1.82, 2.24) is 9.97 Å². The number of rotatable bonds is 10. The highest BCUT2D eigenvalue weighted by atomic mass is 16.6. The molecule has 0 amide bonds. The molecular weight excluding hydrogens is 584 g/mol. The number of hydrogen-bond donors (Lipinski definition) is 1. The van der Waals surface area contributed by atoms with Crippen LogP contribution < -0.4 is 9.47 Å². The van der Waals surface area contributed by atoms with E-state index >= 15 is 0 Å². The second-order valence-electron chi connectivity index (χ2n) is 10.2. The Morgan fingerprint density at radius 2 is 1.20 bits per heavy atom. The van der Waals surface area contributed by atoms with Gasteiger partial charge in [-0.15, -0.1) is 0 Å². The van der Waals surface area contributed by atoms with Crippen molar-refractivity contribution in [2.24, 2.45) is 0 Å². The number of carbonyl (C=O) groups is 2. The van der Waals surface area contributed by atoms with Crippen LogP contribution in [-0.2, 0) is 27.2 Å². The number of carboxylic acid groups (broad SMARTS) is 1. The number of fused-ring (bicyclic) bond motifs is 2. The van der Waals surface area contributed by atoms with Crippen molar-refractivity contribution in [3.05, 3.63) is 94.7 Å². The number of nitrogens with zero attached hydrogens (tertiary/aromatic N) is 2. The number of methoxy groups -OCH3 is 1. The Morgan fingerprint density at radius 3 is 1.60 bits per heavy atom. The Morgan fingerprint density at radius 1 is 0.733 bits per heavy atom. The predicted molar refractivity (Wildman–Crippen MR) is 161 cm³/mol. The summed E-state index contributed by atoms with van der Waals surface area (Å²) < 4.78 is 37.7. The van der Waals surface area contributed by atoms with Gasteiger partial charge in [0.1, 0.15) is 24.0 Å². The van der Waals surface area contributed by atoms with Crippen LogP contribution in [0.15, 0.2) is 66.6 Å². The zero-order valence-corrected chi connectivity index (χ0v) is 25.5. The number of aliphatic carboxylic acids is 1. The summed E-state index contributed by atoms with van der Waals surface area (Å²) in [5.74, 6) is 2.19. The number of aryl methyl sites for hydroxylation is 4. The van der Waals surface area contributed by atoms with Gasteiger partial charge < -0.3 is 37.0 Å². The lowest BCUT2D eigenvalue weighted by molar-refractivity contribution is -0.143. The topological polar surface area (TPSA) is 160 Å². The molecule has 0 fully saturated rings. The van der Waals surface area contributed by atoms with Crippen LogP contribution in [0.4, 0.5) is 0 Å². The van der Waals surface area contributed by atoms with Gasteiger partial charge in [0.2, 0.25) is 0 Å². The molecular formula is C33H32N2O10. The van der Waals surface area contributed by atoms with Gasteiger partial charge >= 0.3 is 11.9 Å². The van der Waals surface area contributed by atoms with Gasteiger partial charge in [-0.25, -0.2) is 19.6 Å². The number of oxazole rings is 2. The van der Waals surface area contributed by atoms with Crippen LogP contribution in [0.5, 0.6) is 11.5 Å². The molecule has 0 aliphatic rings. The van der Waals surface area contributed by atoms with E-state index in [4.69, 9.17) is 32.2 Å².